The topological polar surface area (TPSA) is 26.3 Å². The van der Waals surface area contributed by atoms with Crippen LogP contribution in [0.2, 0.25) is 0 Å². The van der Waals surface area contributed by atoms with E-state index in [-0.39, 0.29) is 12.1 Å². The van der Waals surface area contributed by atoms with Crippen molar-refractivity contribution in [1.29, 1.82) is 0 Å². The second kappa shape index (κ2) is 17.1. The van der Waals surface area contributed by atoms with E-state index in [1.165, 1.54) is 95.5 Å². The fourth-order valence-corrected chi connectivity index (χ4v) is 13.2. The van der Waals surface area contributed by atoms with E-state index in [1.807, 2.05) is 0 Å². The normalized spacial score (nSPS) is 38.8. The summed E-state index contributed by atoms with van der Waals surface area (Å²) in [6, 6.07) is 0. The minimum atomic E-state index is 0.0721. The van der Waals surface area contributed by atoms with Crippen molar-refractivity contribution in [3.8, 4) is 0 Å². The average Bonchev–Trinajstić information content (AvgIpc) is 3.67. The molecule has 0 aliphatic heterocycles. The van der Waals surface area contributed by atoms with Gasteiger partial charge in [0.25, 0.3) is 0 Å². The third-order valence-electron chi connectivity index (χ3n) is 16.6. The third kappa shape index (κ3) is 7.86. The minimum absolute atomic E-state index is 0.0721. The zero-order chi connectivity index (χ0) is 36.0. The molecule has 0 aromatic rings. The van der Waals surface area contributed by atoms with Crippen LogP contribution in [0.4, 0.5) is 0 Å². The number of rotatable bonds is 19. The summed E-state index contributed by atoms with van der Waals surface area (Å²) in [4.78, 5) is 13.0. The summed E-state index contributed by atoms with van der Waals surface area (Å²) in [5.74, 6) is 4.59. The maximum atomic E-state index is 13.0. The highest BCUT2D eigenvalue weighted by molar-refractivity contribution is 5.69. The van der Waals surface area contributed by atoms with Crippen LogP contribution < -0.4 is 0 Å². The lowest BCUT2D eigenvalue weighted by Crippen LogP contribution is -2.56. The van der Waals surface area contributed by atoms with Crippen molar-refractivity contribution < 1.29 is 9.53 Å². The Morgan fingerprint density at radius 2 is 1.50 bits per heavy atom. The lowest BCUT2D eigenvalue weighted by Gasteiger charge is -2.62. The fourth-order valence-electron chi connectivity index (χ4n) is 13.2. The van der Waals surface area contributed by atoms with Gasteiger partial charge in [-0.1, -0.05) is 109 Å². The van der Waals surface area contributed by atoms with Crippen molar-refractivity contribution >= 4 is 5.97 Å². The molecule has 282 valence electrons. The molecule has 5 aliphatic carbocycles. The summed E-state index contributed by atoms with van der Waals surface area (Å²) in [5.41, 5.74) is 3.46. The SMILES string of the molecule is C=C(C)[C@@H](C)CC[C@@H](C)[C@H]1CC[C@@]2(C)[C@@H]3CC[C@H]4[C@H](C)[C@@H](OC(=O)CCCCCCC/C=C\C/C=C\C/C=C\CC)CC[C@@]45C[C@@]35CC[C@]12C. The largest absolute Gasteiger partial charge is 0.462 e. The molecule has 50 heavy (non-hydrogen) atoms. The van der Waals surface area contributed by atoms with Crippen LogP contribution >= 0.6 is 0 Å². The van der Waals surface area contributed by atoms with E-state index in [2.05, 4.69) is 91.5 Å². The van der Waals surface area contributed by atoms with Crippen molar-refractivity contribution in [2.24, 2.45) is 57.2 Å². The van der Waals surface area contributed by atoms with Gasteiger partial charge >= 0.3 is 5.97 Å². The van der Waals surface area contributed by atoms with E-state index in [9.17, 15) is 4.79 Å². The fraction of sp³-hybridized carbons (Fsp3) is 0.812. The van der Waals surface area contributed by atoms with E-state index < -0.39 is 0 Å². The van der Waals surface area contributed by atoms with Crippen LogP contribution in [0.3, 0.4) is 0 Å². The van der Waals surface area contributed by atoms with E-state index in [0.29, 0.717) is 39.9 Å². The van der Waals surface area contributed by atoms with Crippen LogP contribution in [0.5, 0.6) is 0 Å². The molecule has 0 aromatic carbocycles. The summed E-state index contributed by atoms with van der Waals surface area (Å²) in [6.45, 7) is 21.6. The van der Waals surface area contributed by atoms with Gasteiger partial charge in [0.15, 0.2) is 0 Å². The molecule has 5 fully saturated rings. The molecule has 0 amide bonds. The Kier molecular flexibility index (Phi) is 13.5. The van der Waals surface area contributed by atoms with Gasteiger partial charge in [-0.3, -0.25) is 4.79 Å². The lowest BCUT2D eigenvalue weighted by atomic mass is 9.43. The number of fused-ring (bicyclic) bond motifs is 2. The highest BCUT2D eigenvalue weighted by Crippen LogP contribution is 2.88. The van der Waals surface area contributed by atoms with Crippen molar-refractivity contribution in [2.75, 3.05) is 0 Å². The Hall–Kier alpha value is -1.57. The van der Waals surface area contributed by atoms with Gasteiger partial charge in [0, 0.05) is 6.42 Å². The standard InChI is InChI=1S/C48H78O2/c1-9-10-11-12-13-14-15-16-17-18-19-20-21-22-23-24-44(49)50-42-30-32-47-35-48(47)34-33-45(7)40(38(5)26-25-37(4)36(2)3)29-31-46(45,8)43(48)28-27-41(47)39(42)6/h10-11,13-14,16-17,37-43H,2,9,12,15,18-35H2,1,3-8H3/b11-10-,14-13-,17-16-/t37-,38+,39-,40+,41-,42-,43-,45+,46-,47+,48-/m0/s1. The van der Waals surface area contributed by atoms with Crippen LogP contribution in [0.1, 0.15) is 183 Å². The number of carbonyl (C=O) groups excluding carboxylic acids is 1. The molecule has 5 saturated carbocycles. The van der Waals surface area contributed by atoms with Gasteiger partial charge in [0.2, 0.25) is 0 Å². The molecule has 0 bridgehead atoms. The molecule has 2 heteroatoms. The van der Waals surface area contributed by atoms with Crippen LogP contribution in [0.15, 0.2) is 48.6 Å². The van der Waals surface area contributed by atoms with Gasteiger partial charge in [-0.05, 0) is 173 Å². The zero-order valence-electron chi connectivity index (χ0n) is 33.9. The first-order valence-electron chi connectivity index (χ1n) is 21.8. The number of hydrogen-bond acceptors (Lipinski definition) is 2. The predicted octanol–water partition coefficient (Wildman–Crippen LogP) is 14.2. The van der Waals surface area contributed by atoms with Crippen molar-refractivity contribution in [3.63, 3.8) is 0 Å². The molecule has 0 radical (unpaired) electrons. The summed E-state index contributed by atoms with van der Waals surface area (Å²) in [6.07, 6.45) is 39.7. The van der Waals surface area contributed by atoms with Crippen LogP contribution in [-0.2, 0) is 9.53 Å². The summed E-state index contributed by atoms with van der Waals surface area (Å²) in [5, 5.41) is 0. The molecule has 0 N–H and O–H groups in total. The first-order chi connectivity index (χ1) is 24.0. The molecule has 0 saturated heterocycles. The van der Waals surface area contributed by atoms with Crippen LogP contribution in [-0.4, -0.2) is 12.1 Å². The van der Waals surface area contributed by atoms with Gasteiger partial charge in [0.1, 0.15) is 6.10 Å². The Labute approximate surface area is 309 Å². The number of ether oxygens (including phenoxy) is 1. The Balaban J connectivity index is 1.03. The smallest absolute Gasteiger partial charge is 0.306 e. The molecule has 2 nitrogen and oxygen atoms in total. The second-order valence-electron chi connectivity index (χ2n) is 19.0. The molecule has 5 rings (SSSR count). The van der Waals surface area contributed by atoms with Gasteiger partial charge in [0.05, 0.1) is 0 Å². The summed E-state index contributed by atoms with van der Waals surface area (Å²) >= 11 is 0. The van der Waals surface area contributed by atoms with Crippen LogP contribution in [0, 0.1) is 57.2 Å². The highest BCUT2D eigenvalue weighted by Gasteiger charge is 2.81. The number of allylic oxidation sites excluding steroid dienone is 7. The molecule has 0 unspecified atom stereocenters. The number of hydrogen-bond donors (Lipinski definition) is 0. The number of carbonyl (C=O) groups is 1. The van der Waals surface area contributed by atoms with Crippen molar-refractivity contribution in [1.82, 2.24) is 0 Å². The highest BCUT2D eigenvalue weighted by atomic mass is 16.5. The number of unbranched alkanes of at least 4 members (excludes halogenated alkanes) is 5. The predicted molar refractivity (Wildman–Crippen MR) is 214 cm³/mol. The van der Waals surface area contributed by atoms with Crippen molar-refractivity contribution in [2.45, 2.75) is 189 Å². The first kappa shape index (κ1) is 39.6. The van der Waals surface area contributed by atoms with Gasteiger partial charge in [-0.2, -0.15) is 0 Å². The third-order valence-corrected chi connectivity index (χ3v) is 16.6. The molecular formula is C48H78O2. The maximum absolute atomic E-state index is 13.0. The van der Waals surface area contributed by atoms with Gasteiger partial charge < -0.3 is 4.74 Å². The van der Waals surface area contributed by atoms with E-state index in [4.69, 9.17) is 4.74 Å². The molecule has 2 spiro atoms. The summed E-state index contributed by atoms with van der Waals surface area (Å²) in [7, 11) is 0. The first-order valence-corrected chi connectivity index (χ1v) is 21.8. The van der Waals surface area contributed by atoms with E-state index >= 15 is 0 Å². The molecule has 0 heterocycles. The van der Waals surface area contributed by atoms with Crippen molar-refractivity contribution in [3.05, 3.63) is 48.6 Å². The second-order valence-corrected chi connectivity index (χ2v) is 19.0. The van der Waals surface area contributed by atoms with Gasteiger partial charge in [-0.15, -0.1) is 0 Å². The van der Waals surface area contributed by atoms with E-state index in [1.54, 1.807) is 0 Å². The summed E-state index contributed by atoms with van der Waals surface area (Å²) < 4.78 is 6.31. The van der Waals surface area contributed by atoms with Crippen LogP contribution in [0.25, 0.3) is 0 Å². The quantitative estimate of drug-likeness (QED) is 0.0768. The van der Waals surface area contributed by atoms with E-state index in [0.717, 1.165) is 62.2 Å². The monoisotopic (exact) mass is 687 g/mol. The lowest BCUT2D eigenvalue weighted by molar-refractivity contribution is -0.167. The minimum Gasteiger partial charge on any atom is -0.462 e. The Morgan fingerprint density at radius 1 is 0.800 bits per heavy atom. The number of esters is 1. The Morgan fingerprint density at radius 3 is 2.24 bits per heavy atom. The molecule has 5 aliphatic rings. The molecular weight excluding hydrogens is 609 g/mol. The average molecular weight is 687 g/mol. The zero-order valence-corrected chi connectivity index (χ0v) is 33.9. The molecule has 0 aromatic heterocycles. The molecule has 11 atom stereocenters. The van der Waals surface area contributed by atoms with Gasteiger partial charge in [-0.25, -0.2) is 0 Å². The maximum Gasteiger partial charge on any atom is 0.306 e. The Bertz CT molecular complexity index is 1220.